The van der Waals surface area contributed by atoms with E-state index >= 15 is 0 Å². The van der Waals surface area contributed by atoms with Crippen LogP contribution in [0.4, 0.5) is 0 Å². The highest BCUT2D eigenvalue weighted by Crippen LogP contribution is 2.45. The van der Waals surface area contributed by atoms with Gasteiger partial charge in [-0.25, -0.2) is 4.79 Å². The number of hydrogen-bond acceptors (Lipinski definition) is 3. The maximum absolute atomic E-state index is 10.8. The summed E-state index contributed by atoms with van der Waals surface area (Å²) in [6.07, 6.45) is 10.4. The molecular formula is C20H26O3S. The van der Waals surface area contributed by atoms with Crippen LogP contribution in [0.5, 0.6) is 0 Å². The van der Waals surface area contributed by atoms with Gasteiger partial charge in [0.2, 0.25) is 0 Å². The fraction of sp³-hybridized carbons (Fsp3) is 0.550. The zero-order valence-corrected chi connectivity index (χ0v) is 15.7. The molecule has 24 heavy (non-hydrogen) atoms. The molecule has 0 saturated heterocycles. The molecule has 130 valence electrons. The Morgan fingerprint density at radius 3 is 2.58 bits per heavy atom. The van der Waals surface area contributed by atoms with E-state index in [-0.39, 0.29) is 6.61 Å². The number of carbonyl (C=O) groups is 1. The second-order valence-corrected chi connectivity index (χ2v) is 8.97. The minimum absolute atomic E-state index is 0.249. The zero-order chi connectivity index (χ0) is 17.5. The number of carboxylic acid groups (broad SMARTS) is 1. The molecule has 0 aromatic carbocycles. The molecule has 2 atom stereocenters. The van der Waals surface area contributed by atoms with Crippen molar-refractivity contribution in [3.05, 3.63) is 39.1 Å². The number of hydrogen-bond donors (Lipinski definition) is 1. The lowest BCUT2D eigenvalue weighted by Crippen LogP contribution is -2.30. The molecule has 4 rings (SSSR count). The molecule has 0 aliphatic heterocycles. The van der Waals surface area contributed by atoms with Crippen LogP contribution in [0.25, 0.3) is 5.57 Å². The van der Waals surface area contributed by atoms with Gasteiger partial charge >= 0.3 is 5.97 Å². The lowest BCUT2D eigenvalue weighted by atomic mass is 9.73. The fourth-order valence-electron chi connectivity index (χ4n) is 3.92. The minimum Gasteiger partial charge on any atom is -0.480 e. The summed E-state index contributed by atoms with van der Waals surface area (Å²) in [6.45, 7) is 8.08. The highest BCUT2D eigenvalue weighted by Gasteiger charge is 2.31. The van der Waals surface area contributed by atoms with E-state index in [1.54, 1.807) is 0 Å². The number of aliphatic carboxylic acids is 1. The molecule has 1 N–H and O–H groups in total. The van der Waals surface area contributed by atoms with Crippen LogP contribution in [-0.4, -0.2) is 23.3 Å². The number of carboxylic acids is 1. The van der Waals surface area contributed by atoms with Crippen molar-refractivity contribution in [2.45, 2.75) is 52.6 Å². The summed E-state index contributed by atoms with van der Waals surface area (Å²) in [4.78, 5) is 13.5. The largest absolute Gasteiger partial charge is 0.480 e. The number of rotatable bonds is 6. The van der Waals surface area contributed by atoms with Gasteiger partial charge in [0.05, 0.1) is 5.60 Å². The van der Waals surface area contributed by atoms with Gasteiger partial charge < -0.3 is 9.84 Å². The fourth-order valence-corrected chi connectivity index (χ4v) is 5.02. The Kier molecular flexibility index (Phi) is 4.71. The Hall–Kier alpha value is -1.39. The average Bonchev–Trinajstić information content (AvgIpc) is 2.80. The van der Waals surface area contributed by atoms with E-state index in [9.17, 15) is 4.79 Å². The Balaban J connectivity index is 1.91. The van der Waals surface area contributed by atoms with Crippen LogP contribution in [0, 0.1) is 25.7 Å². The number of fused-ring (bicyclic) bond motifs is 1. The molecule has 3 aliphatic carbocycles. The standard InChI is InChI=1S/C20H26O3S/c1-12-17(10-20(3,4)23-11-18(21)22)19(13(2)24-12)16-9-14-5-7-15(16)8-6-14/h5,7,9,14-15H,6,8,10-11H2,1-4H3,(H,21,22). The molecule has 1 heterocycles. The Morgan fingerprint density at radius 2 is 2.04 bits per heavy atom. The average molecular weight is 346 g/mol. The number of thiophene rings is 1. The zero-order valence-electron chi connectivity index (χ0n) is 14.9. The van der Waals surface area contributed by atoms with Gasteiger partial charge in [0.1, 0.15) is 6.61 Å². The maximum Gasteiger partial charge on any atom is 0.329 e. The topological polar surface area (TPSA) is 46.5 Å². The third kappa shape index (κ3) is 3.50. The highest BCUT2D eigenvalue weighted by atomic mass is 32.1. The molecule has 2 unspecified atom stereocenters. The predicted octanol–water partition coefficient (Wildman–Crippen LogP) is 4.77. The monoisotopic (exact) mass is 346 g/mol. The van der Waals surface area contributed by atoms with Crippen molar-refractivity contribution in [2.24, 2.45) is 11.8 Å². The molecule has 0 spiro atoms. The number of allylic oxidation sites excluding steroid dienone is 4. The van der Waals surface area contributed by atoms with E-state index in [1.807, 2.05) is 25.2 Å². The van der Waals surface area contributed by atoms with Crippen LogP contribution in [0.1, 0.15) is 47.6 Å². The van der Waals surface area contributed by atoms with E-state index in [0.717, 1.165) is 6.42 Å². The minimum atomic E-state index is -0.918. The van der Waals surface area contributed by atoms with Crippen molar-refractivity contribution >= 4 is 22.9 Å². The van der Waals surface area contributed by atoms with Gasteiger partial charge in [0.25, 0.3) is 0 Å². The molecule has 0 amide bonds. The molecule has 0 fully saturated rings. The van der Waals surface area contributed by atoms with Gasteiger partial charge in [-0.1, -0.05) is 18.2 Å². The number of ether oxygens (including phenoxy) is 1. The first-order valence-corrected chi connectivity index (χ1v) is 9.43. The highest BCUT2D eigenvalue weighted by molar-refractivity contribution is 7.12. The van der Waals surface area contributed by atoms with Crippen LogP contribution >= 0.6 is 11.3 Å². The molecule has 4 heteroatoms. The lowest BCUT2D eigenvalue weighted by Gasteiger charge is -2.32. The molecule has 1 aromatic heterocycles. The summed E-state index contributed by atoms with van der Waals surface area (Å²) >= 11 is 1.85. The van der Waals surface area contributed by atoms with Gasteiger partial charge in [-0.15, -0.1) is 11.3 Å². The first-order chi connectivity index (χ1) is 11.3. The summed E-state index contributed by atoms with van der Waals surface area (Å²) in [5.74, 6) is 0.192. The van der Waals surface area contributed by atoms with Crippen LogP contribution in [0.15, 0.2) is 18.2 Å². The predicted molar refractivity (Wildman–Crippen MR) is 98.5 cm³/mol. The van der Waals surface area contributed by atoms with E-state index in [0.29, 0.717) is 11.8 Å². The van der Waals surface area contributed by atoms with E-state index in [4.69, 9.17) is 9.84 Å². The molecule has 3 nitrogen and oxygen atoms in total. The number of aryl methyl sites for hydroxylation is 2. The molecule has 3 aliphatic rings. The van der Waals surface area contributed by atoms with Gasteiger partial charge in [-0.2, -0.15) is 0 Å². The molecule has 0 saturated carbocycles. The van der Waals surface area contributed by atoms with Crippen molar-refractivity contribution in [3.8, 4) is 0 Å². The third-order valence-electron chi connectivity index (χ3n) is 5.06. The van der Waals surface area contributed by atoms with Gasteiger partial charge in [0, 0.05) is 22.1 Å². The van der Waals surface area contributed by atoms with Crippen molar-refractivity contribution in [1.29, 1.82) is 0 Å². The van der Waals surface area contributed by atoms with E-state index < -0.39 is 11.6 Å². The SMILES string of the molecule is Cc1sc(C)c(C2=CC3C=CC2CC3)c1CC(C)(C)OCC(=O)O. The van der Waals surface area contributed by atoms with Crippen molar-refractivity contribution in [2.75, 3.05) is 6.61 Å². The van der Waals surface area contributed by atoms with Crippen LogP contribution in [-0.2, 0) is 16.0 Å². The normalized spacial score (nSPS) is 22.8. The van der Waals surface area contributed by atoms with E-state index in [2.05, 4.69) is 32.1 Å². The van der Waals surface area contributed by atoms with E-state index in [1.165, 1.54) is 39.3 Å². The molecular weight excluding hydrogens is 320 g/mol. The van der Waals surface area contributed by atoms with Gasteiger partial charge in [0.15, 0.2) is 0 Å². The molecule has 2 bridgehead atoms. The summed E-state index contributed by atoms with van der Waals surface area (Å²) in [7, 11) is 0. The summed E-state index contributed by atoms with van der Waals surface area (Å²) in [6, 6.07) is 0. The van der Waals surface area contributed by atoms with Gasteiger partial charge in [-0.3, -0.25) is 0 Å². The Bertz CT molecular complexity index is 709. The lowest BCUT2D eigenvalue weighted by molar-refractivity contribution is -0.148. The van der Waals surface area contributed by atoms with Crippen molar-refractivity contribution in [3.63, 3.8) is 0 Å². The van der Waals surface area contributed by atoms with Crippen molar-refractivity contribution in [1.82, 2.24) is 0 Å². The van der Waals surface area contributed by atoms with Crippen LogP contribution < -0.4 is 0 Å². The first-order valence-electron chi connectivity index (χ1n) is 8.62. The molecule has 1 aromatic rings. The Morgan fingerprint density at radius 1 is 1.29 bits per heavy atom. The first kappa shape index (κ1) is 17.4. The van der Waals surface area contributed by atoms with Crippen LogP contribution in [0.2, 0.25) is 0 Å². The molecule has 0 radical (unpaired) electrons. The summed E-state index contributed by atoms with van der Waals surface area (Å²) in [5.41, 5.74) is 3.71. The van der Waals surface area contributed by atoms with Gasteiger partial charge in [-0.05, 0) is 63.2 Å². The second kappa shape index (κ2) is 6.49. The smallest absolute Gasteiger partial charge is 0.329 e. The Labute approximate surface area is 148 Å². The van der Waals surface area contributed by atoms with Crippen LogP contribution in [0.3, 0.4) is 0 Å². The second-order valence-electron chi connectivity index (χ2n) is 7.54. The maximum atomic E-state index is 10.8. The summed E-state index contributed by atoms with van der Waals surface area (Å²) in [5, 5.41) is 8.89. The summed E-state index contributed by atoms with van der Waals surface area (Å²) < 4.78 is 5.64. The van der Waals surface area contributed by atoms with Crippen molar-refractivity contribution < 1.29 is 14.6 Å². The quantitative estimate of drug-likeness (QED) is 0.755. The third-order valence-corrected chi connectivity index (χ3v) is 6.12.